The molecule has 2 heterocycles. The summed E-state index contributed by atoms with van der Waals surface area (Å²) in [7, 11) is 1.69. The zero-order chi connectivity index (χ0) is 15.0. The van der Waals surface area contributed by atoms with Crippen LogP contribution in [-0.4, -0.2) is 43.4 Å². The molecular formula is C15H22N2O3S. The minimum absolute atomic E-state index is 0.0744. The molecular weight excluding hydrogens is 288 g/mol. The van der Waals surface area contributed by atoms with E-state index in [9.17, 15) is 4.79 Å². The van der Waals surface area contributed by atoms with Gasteiger partial charge in [-0.05, 0) is 6.42 Å². The molecule has 116 valence electrons. The van der Waals surface area contributed by atoms with Crippen molar-refractivity contribution in [2.75, 3.05) is 20.3 Å². The molecule has 1 N–H and O–H groups in total. The van der Waals surface area contributed by atoms with E-state index in [0.29, 0.717) is 24.1 Å². The molecule has 0 spiro atoms. The van der Waals surface area contributed by atoms with E-state index in [0.717, 1.165) is 18.0 Å². The van der Waals surface area contributed by atoms with E-state index in [-0.39, 0.29) is 24.0 Å². The van der Waals surface area contributed by atoms with Crippen LogP contribution < -0.4 is 5.32 Å². The monoisotopic (exact) mass is 310 g/mol. The Labute approximate surface area is 129 Å². The Hall–Kier alpha value is -0.980. The van der Waals surface area contributed by atoms with Gasteiger partial charge in [-0.2, -0.15) is 0 Å². The summed E-state index contributed by atoms with van der Waals surface area (Å²) >= 11 is 1.55. The second kappa shape index (κ2) is 6.02. The van der Waals surface area contributed by atoms with E-state index in [4.69, 9.17) is 9.47 Å². The van der Waals surface area contributed by atoms with E-state index in [1.165, 1.54) is 0 Å². The molecule has 1 aromatic rings. The van der Waals surface area contributed by atoms with Crippen molar-refractivity contribution in [2.45, 2.75) is 38.3 Å². The summed E-state index contributed by atoms with van der Waals surface area (Å²) < 4.78 is 11.0. The van der Waals surface area contributed by atoms with Crippen molar-refractivity contribution in [3.05, 3.63) is 16.1 Å². The predicted molar refractivity (Wildman–Crippen MR) is 80.7 cm³/mol. The van der Waals surface area contributed by atoms with Crippen molar-refractivity contribution >= 4 is 17.2 Å². The molecule has 0 radical (unpaired) electrons. The zero-order valence-electron chi connectivity index (χ0n) is 12.7. The van der Waals surface area contributed by atoms with Crippen molar-refractivity contribution in [1.29, 1.82) is 0 Å². The van der Waals surface area contributed by atoms with Crippen molar-refractivity contribution in [1.82, 2.24) is 10.3 Å². The number of nitrogens with one attached hydrogen (secondary N) is 1. The first-order chi connectivity index (χ1) is 10.1. The van der Waals surface area contributed by atoms with Crippen molar-refractivity contribution in [3.8, 4) is 0 Å². The summed E-state index contributed by atoms with van der Waals surface area (Å²) in [6.07, 6.45) is 1.27. The van der Waals surface area contributed by atoms with Crippen LogP contribution in [0.15, 0.2) is 5.38 Å². The third kappa shape index (κ3) is 2.72. The number of hydrogen-bond donors (Lipinski definition) is 1. The SMILES string of the molecule is COC[C@@H]1[C@@H](NC(=O)c2csc(C(C)C)n2)[C@@H]2CCO[C@H]12. The number of fused-ring (bicyclic) bond motifs is 1. The molecule has 1 aliphatic heterocycles. The maximum atomic E-state index is 12.4. The third-order valence-electron chi connectivity index (χ3n) is 4.43. The molecule has 0 unspecified atom stereocenters. The van der Waals surface area contributed by atoms with Crippen LogP contribution in [-0.2, 0) is 9.47 Å². The number of ether oxygens (including phenoxy) is 2. The fraction of sp³-hybridized carbons (Fsp3) is 0.733. The number of carbonyl (C=O) groups is 1. The number of hydrogen-bond acceptors (Lipinski definition) is 5. The minimum Gasteiger partial charge on any atom is -0.384 e. The number of carbonyl (C=O) groups excluding carboxylic acids is 1. The maximum absolute atomic E-state index is 12.4. The first-order valence-electron chi connectivity index (χ1n) is 7.48. The van der Waals surface area contributed by atoms with E-state index < -0.39 is 0 Å². The van der Waals surface area contributed by atoms with E-state index in [1.54, 1.807) is 18.4 Å². The number of amides is 1. The van der Waals surface area contributed by atoms with Crippen LogP contribution in [0.4, 0.5) is 0 Å². The fourth-order valence-corrected chi connectivity index (χ4v) is 4.13. The van der Waals surface area contributed by atoms with Crippen LogP contribution in [0, 0.1) is 11.8 Å². The summed E-state index contributed by atoms with van der Waals surface area (Å²) in [5.74, 6) is 0.968. The van der Waals surface area contributed by atoms with E-state index >= 15 is 0 Å². The van der Waals surface area contributed by atoms with Crippen LogP contribution in [0.2, 0.25) is 0 Å². The summed E-state index contributed by atoms with van der Waals surface area (Å²) in [5.41, 5.74) is 0.530. The minimum atomic E-state index is -0.0744. The van der Waals surface area contributed by atoms with Crippen LogP contribution in [0.25, 0.3) is 0 Å². The second-order valence-electron chi connectivity index (χ2n) is 6.13. The smallest absolute Gasteiger partial charge is 0.271 e. The molecule has 3 rings (SSSR count). The Kier molecular flexibility index (Phi) is 4.28. The molecule has 2 fully saturated rings. The summed E-state index contributed by atoms with van der Waals surface area (Å²) in [6.45, 7) is 5.58. The summed E-state index contributed by atoms with van der Waals surface area (Å²) in [6, 6.07) is 0.147. The molecule has 1 aliphatic carbocycles. The maximum Gasteiger partial charge on any atom is 0.271 e. The fourth-order valence-electron chi connectivity index (χ4n) is 3.32. The normalized spacial score (nSPS) is 31.0. The third-order valence-corrected chi connectivity index (χ3v) is 5.58. The molecule has 0 bridgehead atoms. The lowest BCUT2D eigenvalue weighted by molar-refractivity contribution is -0.0810. The first-order valence-corrected chi connectivity index (χ1v) is 8.36. The van der Waals surface area contributed by atoms with Crippen LogP contribution >= 0.6 is 11.3 Å². The second-order valence-corrected chi connectivity index (χ2v) is 7.02. The Bertz CT molecular complexity index is 517. The summed E-state index contributed by atoms with van der Waals surface area (Å²) in [4.78, 5) is 16.8. The number of methoxy groups -OCH3 is 1. The Morgan fingerprint density at radius 2 is 2.43 bits per heavy atom. The highest BCUT2D eigenvalue weighted by atomic mass is 32.1. The number of rotatable bonds is 5. The quantitative estimate of drug-likeness (QED) is 0.904. The summed E-state index contributed by atoms with van der Waals surface area (Å²) in [5, 5.41) is 5.98. The van der Waals surface area contributed by atoms with Gasteiger partial charge < -0.3 is 14.8 Å². The lowest BCUT2D eigenvalue weighted by Crippen LogP contribution is -2.62. The highest BCUT2D eigenvalue weighted by Crippen LogP contribution is 2.43. The van der Waals surface area contributed by atoms with Gasteiger partial charge in [-0.15, -0.1) is 11.3 Å². The van der Waals surface area contributed by atoms with Gasteiger partial charge in [-0.25, -0.2) is 4.98 Å². The van der Waals surface area contributed by atoms with Gasteiger partial charge in [0.25, 0.3) is 5.91 Å². The van der Waals surface area contributed by atoms with Crippen molar-refractivity contribution < 1.29 is 14.3 Å². The molecule has 5 nitrogen and oxygen atoms in total. The van der Waals surface area contributed by atoms with Gasteiger partial charge in [0.1, 0.15) is 5.69 Å². The lowest BCUT2D eigenvalue weighted by Gasteiger charge is -2.47. The van der Waals surface area contributed by atoms with E-state index in [1.807, 2.05) is 5.38 Å². The standard InChI is InChI=1S/C15H22N2O3S/c1-8(2)15-16-11(7-21-15)14(18)17-12-9-4-5-20-13(9)10(12)6-19-3/h7-10,12-13H,4-6H2,1-3H3,(H,17,18)/t9-,10+,12-,13-/m0/s1. The van der Waals surface area contributed by atoms with Crippen LogP contribution in [0.1, 0.15) is 41.7 Å². The van der Waals surface area contributed by atoms with Gasteiger partial charge in [0.05, 0.1) is 17.7 Å². The number of thiazole rings is 1. The molecule has 1 amide bonds. The molecule has 1 aromatic heterocycles. The first kappa shape index (κ1) is 14.9. The highest BCUT2D eigenvalue weighted by molar-refractivity contribution is 7.09. The van der Waals surface area contributed by atoms with Gasteiger partial charge in [-0.1, -0.05) is 13.8 Å². The molecule has 21 heavy (non-hydrogen) atoms. The van der Waals surface area contributed by atoms with Gasteiger partial charge in [0, 0.05) is 42.9 Å². The molecule has 6 heteroatoms. The predicted octanol–water partition coefficient (Wildman–Crippen LogP) is 2.05. The molecule has 0 aromatic carbocycles. The Morgan fingerprint density at radius 1 is 1.62 bits per heavy atom. The van der Waals surface area contributed by atoms with Crippen LogP contribution in [0.5, 0.6) is 0 Å². The Morgan fingerprint density at radius 3 is 3.10 bits per heavy atom. The molecule has 1 saturated carbocycles. The van der Waals surface area contributed by atoms with Crippen molar-refractivity contribution in [3.63, 3.8) is 0 Å². The highest BCUT2D eigenvalue weighted by Gasteiger charge is 2.54. The van der Waals surface area contributed by atoms with Gasteiger partial charge in [-0.3, -0.25) is 4.79 Å². The number of nitrogens with zero attached hydrogens (tertiary/aromatic N) is 1. The van der Waals surface area contributed by atoms with E-state index in [2.05, 4.69) is 24.1 Å². The topological polar surface area (TPSA) is 60.5 Å². The average molecular weight is 310 g/mol. The molecule has 2 aliphatic rings. The van der Waals surface area contributed by atoms with Crippen LogP contribution in [0.3, 0.4) is 0 Å². The molecule has 4 atom stereocenters. The zero-order valence-corrected chi connectivity index (χ0v) is 13.5. The Balaban J connectivity index is 1.65. The van der Waals surface area contributed by atoms with Gasteiger partial charge >= 0.3 is 0 Å². The number of aromatic nitrogens is 1. The lowest BCUT2D eigenvalue weighted by atomic mass is 9.67. The van der Waals surface area contributed by atoms with Gasteiger partial charge in [0.15, 0.2) is 0 Å². The van der Waals surface area contributed by atoms with Crippen molar-refractivity contribution in [2.24, 2.45) is 11.8 Å². The average Bonchev–Trinajstić information content (AvgIpc) is 3.09. The molecule has 1 saturated heterocycles. The largest absolute Gasteiger partial charge is 0.384 e. The van der Waals surface area contributed by atoms with Gasteiger partial charge in [0.2, 0.25) is 0 Å².